The van der Waals surface area contributed by atoms with Gasteiger partial charge in [0.15, 0.2) is 5.82 Å². The second kappa shape index (κ2) is 4.89. The minimum absolute atomic E-state index is 0.351. The van der Waals surface area contributed by atoms with Gasteiger partial charge in [0.2, 0.25) is 0 Å². The van der Waals surface area contributed by atoms with E-state index in [1.807, 2.05) is 16.4 Å². The Kier molecular flexibility index (Phi) is 3.22. The molecule has 2 N–H and O–H groups in total. The van der Waals surface area contributed by atoms with E-state index in [1.54, 1.807) is 0 Å². The number of rotatable bonds is 3. The van der Waals surface area contributed by atoms with Gasteiger partial charge < -0.3 is 5.73 Å². The second-order valence-electron chi connectivity index (χ2n) is 5.25. The summed E-state index contributed by atoms with van der Waals surface area (Å²) < 4.78 is 1.98. The summed E-state index contributed by atoms with van der Waals surface area (Å²) in [6.45, 7) is 5.13. The number of aromatic nitrogens is 3. The predicted octanol–water partition coefficient (Wildman–Crippen LogP) is 2.70. The number of nitrogen functional groups attached to an aromatic ring is 1. The maximum atomic E-state index is 5.90. The van der Waals surface area contributed by atoms with Crippen LogP contribution < -0.4 is 5.73 Å². The van der Waals surface area contributed by atoms with Crippen molar-refractivity contribution in [2.75, 3.05) is 5.73 Å². The molecule has 1 aliphatic rings. The van der Waals surface area contributed by atoms with Crippen LogP contribution in [0.3, 0.4) is 0 Å². The highest BCUT2D eigenvalue weighted by atomic mass is 32.2. The molecule has 1 atom stereocenters. The van der Waals surface area contributed by atoms with Crippen LogP contribution in [-0.4, -0.2) is 20.2 Å². The summed E-state index contributed by atoms with van der Waals surface area (Å²) in [4.78, 5) is 1.40. The number of benzene rings is 1. The van der Waals surface area contributed by atoms with Gasteiger partial charge in [0, 0.05) is 10.1 Å². The van der Waals surface area contributed by atoms with Crippen LogP contribution in [-0.2, 0) is 13.0 Å². The molecule has 0 aliphatic carbocycles. The first kappa shape index (κ1) is 12.5. The molecule has 0 bridgehead atoms. The fraction of sp³-hybridized carbons (Fsp3) is 0.429. The Morgan fingerprint density at radius 3 is 2.95 bits per heavy atom. The van der Waals surface area contributed by atoms with Gasteiger partial charge in [0.05, 0.1) is 12.2 Å². The van der Waals surface area contributed by atoms with Gasteiger partial charge in [-0.1, -0.05) is 37.3 Å². The van der Waals surface area contributed by atoms with Crippen molar-refractivity contribution in [1.29, 1.82) is 0 Å². The molecule has 1 aromatic carbocycles. The number of hydrogen-bond acceptors (Lipinski definition) is 4. The Balaban J connectivity index is 1.78. The van der Waals surface area contributed by atoms with Crippen molar-refractivity contribution in [2.45, 2.75) is 42.9 Å². The number of hydrogen-bond donors (Lipinski definition) is 1. The minimum Gasteiger partial charge on any atom is -0.381 e. The van der Waals surface area contributed by atoms with Gasteiger partial charge in [-0.25, -0.2) is 4.68 Å². The molecule has 4 nitrogen and oxygen atoms in total. The van der Waals surface area contributed by atoms with Gasteiger partial charge in [-0.2, -0.15) is 0 Å². The lowest BCUT2D eigenvalue weighted by atomic mass is 10.1. The molecule has 19 heavy (non-hydrogen) atoms. The molecule has 2 heterocycles. The number of anilines is 1. The fourth-order valence-electron chi connectivity index (χ4n) is 2.61. The molecule has 0 fully saturated rings. The quantitative estimate of drug-likeness (QED) is 0.935. The van der Waals surface area contributed by atoms with Crippen molar-refractivity contribution >= 4 is 17.6 Å². The van der Waals surface area contributed by atoms with Crippen molar-refractivity contribution in [3.63, 3.8) is 0 Å². The van der Waals surface area contributed by atoms with Gasteiger partial charge in [0.1, 0.15) is 0 Å². The topological polar surface area (TPSA) is 56.7 Å². The average molecular weight is 274 g/mol. The predicted molar refractivity (Wildman–Crippen MR) is 78.3 cm³/mol. The molecular formula is C14H18N4S. The van der Waals surface area contributed by atoms with E-state index in [4.69, 9.17) is 5.73 Å². The van der Waals surface area contributed by atoms with Gasteiger partial charge in [-0.05, 0) is 24.0 Å². The van der Waals surface area contributed by atoms with Crippen LogP contribution in [0.1, 0.15) is 31.0 Å². The van der Waals surface area contributed by atoms with E-state index >= 15 is 0 Å². The maximum Gasteiger partial charge on any atom is 0.169 e. The van der Waals surface area contributed by atoms with Crippen molar-refractivity contribution in [2.24, 2.45) is 0 Å². The first-order valence-electron chi connectivity index (χ1n) is 6.58. The summed E-state index contributed by atoms with van der Waals surface area (Å²) in [5.41, 5.74) is 8.39. The third kappa shape index (κ3) is 2.34. The normalized spacial score (nSPS) is 17.9. The van der Waals surface area contributed by atoms with Crippen LogP contribution in [0.2, 0.25) is 0 Å². The molecule has 0 radical (unpaired) electrons. The second-order valence-corrected chi connectivity index (χ2v) is 6.59. The van der Waals surface area contributed by atoms with Crippen molar-refractivity contribution in [3.8, 4) is 0 Å². The molecular weight excluding hydrogens is 256 g/mol. The standard InChI is InChI=1S/C14H18N4S/c1-9(2)13-14(15)16-17-18(13)8-11-7-10-5-3-4-6-12(10)19-11/h3-6,9,11H,7-8,15H2,1-2H3. The van der Waals surface area contributed by atoms with Gasteiger partial charge in [-0.15, -0.1) is 16.9 Å². The van der Waals surface area contributed by atoms with E-state index < -0.39 is 0 Å². The van der Waals surface area contributed by atoms with Crippen LogP contribution in [0, 0.1) is 0 Å². The molecule has 1 aliphatic heterocycles. The largest absolute Gasteiger partial charge is 0.381 e. The summed E-state index contributed by atoms with van der Waals surface area (Å²) >= 11 is 1.93. The summed E-state index contributed by atoms with van der Waals surface area (Å²) in [5.74, 6) is 0.916. The van der Waals surface area contributed by atoms with E-state index in [1.165, 1.54) is 10.5 Å². The van der Waals surface area contributed by atoms with Crippen molar-refractivity contribution < 1.29 is 0 Å². The zero-order valence-corrected chi connectivity index (χ0v) is 12.0. The average Bonchev–Trinajstić information content (AvgIpc) is 2.92. The van der Waals surface area contributed by atoms with Crippen molar-refractivity contribution in [3.05, 3.63) is 35.5 Å². The molecule has 1 aromatic heterocycles. The molecule has 2 aromatic rings. The molecule has 0 saturated heterocycles. The molecule has 0 amide bonds. The van der Waals surface area contributed by atoms with Crippen LogP contribution in [0.25, 0.3) is 0 Å². The summed E-state index contributed by atoms with van der Waals surface area (Å²) in [7, 11) is 0. The molecule has 100 valence electrons. The molecule has 0 spiro atoms. The lowest BCUT2D eigenvalue weighted by molar-refractivity contribution is 0.538. The number of nitrogens with two attached hydrogens (primary N) is 1. The van der Waals surface area contributed by atoms with E-state index in [0.717, 1.165) is 18.7 Å². The van der Waals surface area contributed by atoms with Gasteiger partial charge in [0.25, 0.3) is 0 Å². The fourth-order valence-corrected chi connectivity index (χ4v) is 3.91. The first-order chi connectivity index (χ1) is 9.15. The van der Waals surface area contributed by atoms with Crippen molar-refractivity contribution in [1.82, 2.24) is 15.0 Å². The molecule has 3 rings (SSSR count). The first-order valence-corrected chi connectivity index (χ1v) is 7.46. The number of fused-ring (bicyclic) bond motifs is 1. The Hall–Kier alpha value is -1.49. The highest BCUT2D eigenvalue weighted by Gasteiger charge is 2.24. The van der Waals surface area contributed by atoms with Crippen LogP contribution in [0.5, 0.6) is 0 Å². The Morgan fingerprint density at radius 1 is 1.42 bits per heavy atom. The Bertz CT molecular complexity index is 566. The van der Waals surface area contributed by atoms with E-state index in [2.05, 4.69) is 48.4 Å². The highest BCUT2D eigenvalue weighted by molar-refractivity contribution is 8.00. The summed E-state index contributed by atoms with van der Waals surface area (Å²) in [6.07, 6.45) is 1.10. The third-order valence-electron chi connectivity index (χ3n) is 3.44. The monoisotopic (exact) mass is 274 g/mol. The highest BCUT2D eigenvalue weighted by Crippen LogP contribution is 2.37. The maximum absolute atomic E-state index is 5.90. The molecule has 5 heteroatoms. The summed E-state index contributed by atoms with van der Waals surface area (Å²) in [6, 6.07) is 8.61. The summed E-state index contributed by atoms with van der Waals surface area (Å²) in [5, 5.41) is 8.73. The number of nitrogens with zero attached hydrogens (tertiary/aromatic N) is 3. The smallest absolute Gasteiger partial charge is 0.169 e. The lowest BCUT2D eigenvalue weighted by Crippen LogP contribution is -2.16. The minimum atomic E-state index is 0.351. The SMILES string of the molecule is CC(C)c1c(N)nnn1CC1Cc2ccccc2S1. The number of thioether (sulfide) groups is 1. The zero-order valence-electron chi connectivity index (χ0n) is 11.2. The lowest BCUT2D eigenvalue weighted by Gasteiger charge is -2.13. The zero-order chi connectivity index (χ0) is 13.4. The van der Waals surface area contributed by atoms with Crippen LogP contribution in [0.15, 0.2) is 29.2 Å². The molecule has 0 saturated carbocycles. The molecule has 1 unspecified atom stereocenters. The Labute approximate surface area is 117 Å². The van der Waals surface area contributed by atoms with Crippen LogP contribution in [0.4, 0.5) is 5.82 Å². The third-order valence-corrected chi connectivity index (χ3v) is 4.74. The van der Waals surface area contributed by atoms with Gasteiger partial charge >= 0.3 is 0 Å². The van der Waals surface area contributed by atoms with E-state index in [-0.39, 0.29) is 0 Å². The van der Waals surface area contributed by atoms with E-state index in [9.17, 15) is 0 Å². The van der Waals surface area contributed by atoms with Crippen LogP contribution >= 0.6 is 11.8 Å². The Morgan fingerprint density at radius 2 is 2.21 bits per heavy atom. The van der Waals surface area contributed by atoms with E-state index in [0.29, 0.717) is 17.0 Å². The van der Waals surface area contributed by atoms with Gasteiger partial charge in [-0.3, -0.25) is 0 Å².